The molecule has 7 nitrogen and oxygen atoms in total. The molecule has 8 heteroatoms. The van der Waals surface area contributed by atoms with Crippen LogP contribution in [0.4, 0.5) is 0 Å². The van der Waals surface area contributed by atoms with Gasteiger partial charge in [0.2, 0.25) is 0 Å². The molecule has 1 atom stereocenters. The van der Waals surface area contributed by atoms with E-state index in [2.05, 4.69) is 15.3 Å². The minimum Gasteiger partial charge on any atom is -0.451 e. The summed E-state index contributed by atoms with van der Waals surface area (Å²) in [6, 6.07) is 9.55. The normalized spacial score (nSPS) is 12.0. The lowest BCUT2D eigenvalue weighted by Crippen LogP contribution is -2.32. The highest BCUT2D eigenvalue weighted by Gasteiger charge is 2.21. The molecule has 2 N–H and O–H groups in total. The van der Waals surface area contributed by atoms with E-state index in [0.717, 1.165) is 29.7 Å². The van der Waals surface area contributed by atoms with Crippen LogP contribution in [0.25, 0.3) is 10.2 Å². The third-order valence-electron chi connectivity index (χ3n) is 4.55. The predicted molar refractivity (Wildman–Crippen MR) is 112 cm³/mol. The Hall–Kier alpha value is -3.00. The molecule has 0 bridgehead atoms. The van der Waals surface area contributed by atoms with Gasteiger partial charge in [0, 0.05) is 0 Å². The minimum absolute atomic E-state index is 0.135. The van der Waals surface area contributed by atoms with Crippen LogP contribution in [0.2, 0.25) is 0 Å². The molecule has 152 valence electrons. The Labute approximate surface area is 172 Å². The molecule has 0 spiro atoms. The molecule has 0 aliphatic heterocycles. The lowest BCUT2D eigenvalue weighted by Gasteiger charge is -2.18. The number of H-pyrrole nitrogens is 1. The second-order valence-corrected chi connectivity index (χ2v) is 7.78. The number of esters is 1. The van der Waals surface area contributed by atoms with Crippen molar-refractivity contribution >= 4 is 33.4 Å². The number of aromatic nitrogens is 2. The number of thiophene rings is 1. The number of carbonyl (C=O) groups excluding carboxylic acids is 2. The monoisotopic (exact) mass is 413 g/mol. The third kappa shape index (κ3) is 4.71. The third-order valence-corrected chi connectivity index (χ3v) is 5.72. The lowest BCUT2D eigenvalue weighted by molar-refractivity contribution is -0.125. The fraction of sp³-hybridized carbons (Fsp3) is 0.333. The summed E-state index contributed by atoms with van der Waals surface area (Å²) in [6.45, 7) is 5.01. The first-order valence-corrected chi connectivity index (χ1v) is 10.2. The standard InChI is InChI=1S/C21H23N3O4S/c1-4-8-15(14-9-6-5-7-10-14)24-16(25)11-28-21(27)18-12(2)17-19(26)22-13(3)23-20(17)29-18/h5-7,9-10,15H,4,8,11H2,1-3H3,(H,24,25)(H,22,23,26)/t15-/m0/s1. The van der Waals surface area contributed by atoms with E-state index in [4.69, 9.17) is 4.74 Å². The lowest BCUT2D eigenvalue weighted by atomic mass is 10.0. The van der Waals surface area contributed by atoms with E-state index in [1.807, 2.05) is 37.3 Å². The van der Waals surface area contributed by atoms with Crippen LogP contribution in [-0.4, -0.2) is 28.5 Å². The second kappa shape index (κ2) is 9.00. The Kier molecular flexibility index (Phi) is 6.43. The Morgan fingerprint density at radius 2 is 1.97 bits per heavy atom. The van der Waals surface area contributed by atoms with Crippen molar-refractivity contribution in [2.45, 2.75) is 39.7 Å². The number of nitrogens with one attached hydrogen (secondary N) is 2. The smallest absolute Gasteiger partial charge is 0.349 e. The van der Waals surface area contributed by atoms with Gasteiger partial charge < -0.3 is 15.0 Å². The number of hydrogen-bond acceptors (Lipinski definition) is 6. The zero-order chi connectivity index (χ0) is 21.0. The first-order valence-electron chi connectivity index (χ1n) is 9.42. The van der Waals surface area contributed by atoms with Crippen molar-refractivity contribution in [3.05, 3.63) is 62.5 Å². The number of amides is 1. The summed E-state index contributed by atoms with van der Waals surface area (Å²) in [5.41, 5.74) is 1.23. The molecule has 0 unspecified atom stereocenters. The van der Waals surface area contributed by atoms with Crippen LogP contribution in [0, 0.1) is 13.8 Å². The van der Waals surface area contributed by atoms with E-state index in [1.54, 1.807) is 13.8 Å². The van der Waals surface area contributed by atoms with Gasteiger partial charge in [-0.1, -0.05) is 43.7 Å². The van der Waals surface area contributed by atoms with Gasteiger partial charge in [0.25, 0.3) is 11.5 Å². The Morgan fingerprint density at radius 1 is 1.24 bits per heavy atom. The van der Waals surface area contributed by atoms with Crippen molar-refractivity contribution in [3.63, 3.8) is 0 Å². The molecule has 0 saturated carbocycles. The maximum Gasteiger partial charge on any atom is 0.349 e. The molecule has 0 saturated heterocycles. The fourth-order valence-corrected chi connectivity index (χ4v) is 4.30. The van der Waals surface area contributed by atoms with Crippen LogP contribution in [0.5, 0.6) is 0 Å². The van der Waals surface area contributed by atoms with Crippen LogP contribution in [0.1, 0.15) is 52.4 Å². The van der Waals surface area contributed by atoms with Crippen molar-refractivity contribution in [2.75, 3.05) is 6.61 Å². The Morgan fingerprint density at radius 3 is 2.66 bits per heavy atom. The number of aromatic amines is 1. The van der Waals surface area contributed by atoms with Gasteiger partial charge in [0.15, 0.2) is 6.61 Å². The molecular formula is C21H23N3O4S. The summed E-state index contributed by atoms with van der Waals surface area (Å²) in [5.74, 6) is -0.526. The molecule has 1 amide bonds. The van der Waals surface area contributed by atoms with E-state index in [9.17, 15) is 14.4 Å². The van der Waals surface area contributed by atoms with Crippen molar-refractivity contribution in [1.29, 1.82) is 0 Å². The van der Waals surface area contributed by atoms with E-state index >= 15 is 0 Å². The van der Waals surface area contributed by atoms with Crippen LogP contribution in [0.15, 0.2) is 35.1 Å². The minimum atomic E-state index is -0.635. The highest BCUT2D eigenvalue weighted by molar-refractivity contribution is 7.20. The Balaban J connectivity index is 1.68. The van der Waals surface area contributed by atoms with Crippen molar-refractivity contribution in [1.82, 2.24) is 15.3 Å². The van der Waals surface area contributed by atoms with Gasteiger partial charge in [-0.25, -0.2) is 9.78 Å². The summed E-state index contributed by atoms with van der Waals surface area (Å²) < 4.78 is 5.20. The highest BCUT2D eigenvalue weighted by atomic mass is 32.1. The molecule has 2 aromatic heterocycles. The number of ether oxygens (including phenoxy) is 1. The molecule has 3 aromatic rings. The largest absolute Gasteiger partial charge is 0.451 e. The maximum atomic E-state index is 12.5. The van der Waals surface area contributed by atoms with E-state index < -0.39 is 5.97 Å². The Bertz CT molecular complexity index is 1090. The molecule has 0 aliphatic rings. The molecule has 29 heavy (non-hydrogen) atoms. The molecular weight excluding hydrogens is 390 g/mol. The van der Waals surface area contributed by atoms with Gasteiger partial charge in [-0.3, -0.25) is 9.59 Å². The van der Waals surface area contributed by atoms with Crippen molar-refractivity contribution < 1.29 is 14.3 Å². The molecule has 0 aliphatic carbocycles. The van der Waals surface area contributed by atoms with Gasteiger partial charge in [0.05, 0.1) is 11.4 Å². The maximum absolute atomic E-state index is 12.5. The van der Waals surface area contributed by atoms with Crippen LogP contribution in [-0.2, 0) is 9.53 Å². The van der Waals surface area contributed by atoms with Crippen LogP contribution in [0.3, 0.4) is 0 Å². The van der Waals surface area contributed by atoms with E-state index in [0.29, 0.717) is 21.6 Å². The molecule has 0 radical (unpaired) electrons. The quantitative estimate of drug-likeness (QED) is 0.578. The van der Waals surface area contributed by atoms with Gasteiger partial charge in [-0.15, -0.1) is 11.3 Å². The predicted octanol–water partition coefficient (Wildman–Crippen LogP) is 3.42. The van der Waals surface area contributed by atoms with Crippen LogP contribution >= 0.6 is 11.3 Å². The van der Waals surface area contributed by atoms with Gasteiger partial charge in [0.1, 0.15) is 15.5 Å². The SMILES string of the molecule is CCC[C@H](NC(=O)COC(=O)c1sc2nc(C)[nH]c(=O)c2c1C)c1ccccc1. The number of hydrogen-bond donors (Lipinski definition) is 2. The van der Waals surface area contributed by atoms with Crippen molar-refractivity contribution in [3.8, 4) is 0 Å². The molecule has 3 rings (SSSR count). The summed E-state index contributed by atoms with van der Waals surface area (Å²) in [4.78, 5) is 44.6. The highest BCUT2D eigenvalue weighted by Crippen LogP contribution is 2.27. The summed E-state index contributed by atoms with van der Waals surface area (Å²) >= 11 is 1.09. The average Bonchev–Trinajstić information content (AvgIpc) is 3.03. The van der Waals surface area contributed by atoms with E-state index in [-0.39, 0.29) is 29.0 Å². The number of carbonyl (C=O) groups is 2. The topological polar surface area (TPSA) is 101 Å². The summed E-state index contributed by atoms with van der Waals surface area (Å²) in [7, 11) is 0. The van der Waals surface area contributed by atoms with E-state index in [1.165, 1.54) is 0 Å². The van der Waals surface area contributed by atoms with Gasteiger partial charge >= 0.3 is 5.97 Å². The zero-order valence-electron chi connectivity index (χ0n) is 16.6. The number of nitrogens with zero attached hydrogens (tertiary/aromatic N) is 1. The number of fused-ring (bicyclic) bond motifs is 1. The molecule has 0 fully saturated rings. The molecule has 1 aromatic carbocycles. The van der Waals surface area contributed by atoms with Gasteiger partial charge in [-0.2, -0.15) is 0 Å². The number of benzene rings is 1. The first-order chi connectivity index (χ1) is 13.9. The summed E-state index contributed by atoms with van der Waals surface area (Å²) in [6.07, 6.45) is 1.69. The fourth-order valence-electron chi connectivity index (χ4n) is 3.17. The second-order valence-electron chi connectivity index (χ2n) is 6.78. The average molecular weight is 413 g/mol. The van der Waals surface area contributed by atoms with Gasteiger partial charge in [-0.05, 0) is 31.4 Å². The van der Waals surface area contributed by atoms with Crippen LogP contribution < -0.4 is 10.9 Å². The van der Waals surface area contributed by atoms with Crippen molar-refractivity contribution in [2.24, 2.45) is 0 Å². The summed E-state index contributed by atoms with van der Waals surface area (Å²) in [5, 5.41) is 3.30. The number of aryl methyl sites for hydroxylation is 2. The first kappa shape index (κ1) is 20.7. The molecule has 2 heterocycles. The number of rotatable bonds is 7. The zero-order valence-corrected chi connectivity index (χ0v) is 17.4.